The van der Waals surface area contributed by atoms with Crippen LogP contribution in [0, 0.1) is 5.82 Å². The molecule has 0 aliphatic heterocycles. The summed E-state index contributed by atoms with van der Waals surface area (Å²) >= 11 is 1.52. The molecular weight excluding hydrogens is 273 g/mol. The van der Waals surface area contributed by atoms with E-state index in [-0.39, 0.29) is 17.0 Å². The van der Waals surface area contributed by atoms with Gasteiger partial charge < -0.3 is 5.32 Å². The summed E-state index contributed by atoms with van der Waals surface area (Å²) in [5, 5.41) is 2.69. The lowest BCUT2D eigenvalue weighted by atomic mass is 10.2. The van der Waals surface area contributed by atoms with Crippen LogP contribution in [0.1, 0.15) is 12.5 Å². The second-order valence-corrected chi connectivity index (χ2v) is 5.83. The van der Waals surface area contributed by atoms with E-state index in [1.807, 2.05) is 37.3 Å². The number of rotatable bonds is 5. The van der Waals surface area contributed by atoms with Gasteiger partial charge in [-0.2, -0.15) is 0 Å². The highest BCUT2D eigenvalue weighted by molar-refractivity contribution is 8.00. The van der Waals surface area contributed by atoms with E-state index in [1.54, 1.807) is 12.1 Å². The average molecular weight is 289 g/mol. The van der Waals surface area contributed by atoms with E-state index in [0.29, 0.717) is 6.54 Å². The van der Waals surface area contributed by atoms with Crippen LogP contribution in [0.25, 0.3) is 0 Å². The highest BCUT2D eigenvalue weighted by atomic mass is 32.2. The molecular formula is C16H16FNOS. The van der Waals surface area contributed by atoms with Gasteiger partial charge in [0.2, 0.25) is 5.91 Å². The Labute approximate surface area is 122 Å². The van der Waals surface area contributed by atoms with Gasteiger partial charge in [-0.15, -0.1) is 11.8 Å². The van der Waals surface area contributed by atoms with E-state index in [0.717, 1.165) is 10.5 Å². The number of amides is 1. The van der Waals surface area contributed by atoms with Crippen molar-refractivity contribution in [2.75, 3.05) is 0 Å². The first kappa shape index (κ1) is 14.6. The van der Waals surface area contributed by atoms with E-state index < -0.39 is 0 Å². The van der Waals surface area contributed by atoms with E-state index in [4.69, 9.17) is 0 Å². The number of carbonyl (C=O) groups is 1. The van der Waals surface area contributed by atoms with Crippen LogP contribution in [-0.2, 0) is 11.3 Å². The topological polar surface area (TPSA) is 29.1 Å². The summed E-state index contributed by atoms with van der Waals surface area (Å²) in [5.74, 6) is -0.295. The molecule has 0 saturated heterocycles. The molecule has 0 radical (unpaired) electrons. The van der Waals surface area contributed by atoms with E-state index in [2.05, 4.69) is 5.32 Å². The van der Waals surface area contributed by atoms with E-state index in [1.165, 1.54) is 23.9 Å². The van der Waals surface area contributed by atoms with Crippen LogP contribution in [0.3, 0.4) is 0 Å². The summed E-state index contributed by atoms with van der Waals surface area (Å²) < 4.78 is 12.8. The zero-order valence-corrected chi connectivity index (χ0v) is 12.0. The molecule has 0 unspecified atom stereocenters. The Hall–Kier alpha value is -1.81. The largest absolute Gasteiger partial charge is 0.351 e. The highest BCUT2D eigenvalue weighted by Crippen LogP contribution is 2.22. The quantitative estimate of drug-likeness (QED) is 0.852. The Balaban J connectivity index is 1.83. The van der Waals surface area contributed by atoms with Gasteiger partial charge in [-0.05, 0) is 36.8 Å². The maximum Gasteiger partial charge on any atom is 0.233 e. The monoisotopic (exact) mass is 289 g/mol. The van der Waals surface area contributed by atoms with Crippen molar-refractivity contribution in [3.63, 3.8) is 0 Å². The third-order valence-electron chi connectivity index (χ3n) is 2.81. The van der Waals surface area contributed by atoms with Crippen LogP contribution in [-0.4, -0.2) is 11.2 Å². The fraction of sp³-hybridized carbons (Fsp3) is 0.188. The van der Waals surface area contributed by atoms with Crippen LogP contribution in [0.15, 0.2) is 59.5 Å². The molecule has 1 amide bonds. The van der Waals surface area contributed by atoms with Crippen molar-refractivity contribution in [1.82, 2.24) is 5.32 Å². The van der Waals surface area contributed by atoms with Crippen molar-refractivity contribution >= 4 is 17.7 Å². The molecule has 0 spiro atoms. The van der Waals surface area contributed by atoms with Gasteiger partial charge in [0, 0.05) is 11.4 Å². The number of halogens is 1. The van der Waals surface area contributed by atoms with Crippen molar-refractivity contribution in [3.8, 4) is 0 Å². The Morgan fingerprint density at radius 2 is 1.80 bits per heavy atom. The Kier molecular flexibility index (Phi) is 5.18. The molecule has 104 valence electrons. The molecule has 0 aromatic heterocycles. The molecule has 1 N–H and O–H groups in total. The third kappa shape index (κ3) is 4.38. The molecule has 0 bridgehead atoms. The van der Waals surface area contributed by atoms with E-state index >= 15 is 0 Å². The van der Waals surface area contributed by atoms with Crippen LogP contribution < -0.4 is 5.32 Å². The van der Waals surface area contributed by atoms with Gasteiger partial charge in [-0.1, -0.05) is 30.3 Å². The Morgan fingerprint density at radius 3 is 2.45 bits per heavy atom. The van der Waals surface area contributed by atoms with Crippen LogP contribution in [0.5, 0.6) is 0 Å². The summed E-state index contributed by atoms with van der Waals surface area (Å²) in [7, 11) is 0. The molecule has 0 heterocycles. The molecule has 2 aromatic carbocycles. The number of benzene rings is 2. The predicted octanol–water partition coefficient (Wildman–Crippen LogP) is 3.62. The summed E-state index contributed by atoms with van der Waals surface area (Å²) in [4.78, 5) is 13.0. The highest BCUT2D eigenvalue weighted by Gasteiger charge is 2.13. The molecule has 2 aromatic rings. The van der Waals surface area contributed by atoms with Gasteiger partial charge in [0.1, 0.15) is 5.82 Å². The molecule has 0 fully saturated rings. The number of carbonyl (C=O) groups excluding carboxylic acids is 1. The van der Waals surface area contributed by atoms with Crippen LogP contribution in [0.2, 0.25) is 0 Å². The van der Waals surface area contributed by atoms with Gasteiger partial charge in [0.15, 0.2) is 0 Å². The average Bonchev–Trinajstić information content (AvgIpc) is 2.47. The lowest BCUT2D eigenvalue weighted by Gasteiger charge is -2.12. The second-order valence-electron chi connectivity index (χ2n) is 4.42. The lowest BCUT2D eigenvalue weighted by Crippen LogP contribution is -2.30. The van der Waals surface area contributed by atoms with Gasteiger partial charge in [-0.25, -0.2) is 4.39 Å². The molecule has 20 heavy (non-hydrogen) atoms. The van der Waals surface area contributed by atoms with Crippen molar-refractivity contribution < 1.29 is 9.18 Å². The van der Waals surface area contributed by atoms with Gasteiger partial charge in [-0.3, -0.25) is 4.79 Å². The summed E-state index contributed by atoms with van der Waals surface area (Å²) in [6, 6.07) is 15.9. The third-order valence-corrected chi connectivity index (χ3v) is 3.92. The minimum absolute atomic E-state index is 0.0248. The van der Waals surface area contributed by atoms with E-state index in [9.17, 15) is 9.18 Å². The summed E-state index contributed by atoms with van der Waals surface area (Å²) in [6.07, 6.45) is 0. The molecule has 2 nitrogen and oxygen atoms in total. The molecule has 4 heteroatoms. The Bertz CT molecular complexity index is 556. The zero-order chi connectivity index (χ0) is 14.4. The normalized spacial score (nSPS) is 11.9. The fourth-order valence-corrected chi connectivity index (χ4v) is 2.60. The van der Waals surface area contributed by atoms with Crippen molar-refractivity contribution in [2.24, 2.45) is 0 Å². The first-order valence-electron chi connectivity index (χ1n) is 6.39. The molecule has 1 atom stereocenters. The van der Waals surface area contributed by atoms with Gasteiger partial charge >= 0.3 is 0 Å². The number of hydrogen-bond acceptors (Lipinski definition) is 2. The maximum atomic E-state index is 12.8. The summed E-state index contributed by atoms with van der Waals surface area (Å²) in [5.41, 5.74) is 0.886. The molecule has 0 saturated carbocycles. The lowest BCUT2D eigenvalue weighted by molar-refractivity contribution is -0.120. The number of hydrogen-bond donors (Lipinski definition) is 1. The Morgan fingerprint density at radius 1 is 1.15 bits per heavy atom. The van der Waals surface area contributed by atoms with Crippen molar-refractivity contribution in [3.05, 3.63) is 66.0 Å². The van der Waals surface area contributed by atoms with Crippen LogP contribution >= 0.6 is 11.8 Å². The van der Waals surface area contributed by atoms with Gasteiger partial charge in [0.25, 0.3) is 0 Å². The van der Waals surface area contributed by atoms with Crippen LogP contribution in [0.4, 0.5) is 4.39 Å². The van der Waals surface area contributed by atoms with Crippen molar-refractivity contribution in [1.29, 1.82) is 0 Å². The molecule has 0 aliphatic carbocycles. The first-order valence-corrected chi connectivity index (χ1v) is 7.27. The minimum Gasteiger partial charge on any atom is -0.351 e. The zero-order valence-electron chi connectivity index (χ0n) is 11.2. The fourth-order valence-electron chi connectivity index (χ4n) is 1.69. The number of nitrogens with one attached hydrogen (secondary N) is 1. The number of thioether (sulfide) groups is 1. The smallest absolute Gasteiger partial charge is 0.233 e. The standard InChI is InChI=1S/C16H16FNOS/c1-12(20-15-5-3-2-4-6-15)16(19)18-11-13-7-9-14(17)10-8-13/h2-10,12H,11H2,1H3,(H,18,19)/t12-/m1/s1. The summed E-state index contributed by atoms with van der Waals surface area (Å²) in [6.45, 7) is 2.29. The molecule has 0 aliphatic rings. The first-order chi connectivity index (χ1) is 9.65. The molecule has 2 rings (SSSR count). The second kappa shape index (κ2) is 7.10. The van der Waals surface area contributed by atoms with Gasteiger partial charge in [0.05, 0.1) is 5.25 Å². The minimum atomic E-state index is -0.270. The SMILES string of the molecule is C[C@@H](Sc1ccccc1)C(=O)NCc1ccc(F)cc1. The van der Waals surface area contributed by atoms with Crippen molar-refractivity contribution in [2.45, 2.75) is 23.6 Å². The predicted molar refractivity (Wildman–Crippen MR) is 80.0 cm³/mol. The maximum absolute atomic E-state index is 12.8.